The van der Waals surface area contributed by atoms with Gasteiger partial charge in [0.2, 0.25) is 5.91 Å². The highest BCUT2D eigenvalue weighted by Crippen LogP contribution is 2.44. The Balaban J connectivity index is 3.06. The number of hydrogen-bond donors (Lipinski definition) is 9. The van der Waals surface area contributed by atoms with Crippen LogP contribution in [0.15, 0.2) is 24.3 Å². The Morgan fingerprint density at radius 1 is 0.763 bits per heavy atom. The summed E-state index contributed by atoms with van der Waals surface area (Å²) in [7, 11) is -3.12. The molecule has 0 fully saturated rings. The number of amides is 1. The van der Waals surface area contributed by atoms with Crippen LogP contribution in [0.1, 0.15) is 37.3 Å². The minimum absolute atomic E-state index is 0.00708. The summed E-state index contributed by atoms with van der Waals surface area (Å²) in [6.45, 7) is -1.74. The number of carbonyl (C=O) groups excluding carboxylic acids is 1. The molecule has 1 aromatic rings. The van der Waals surface area contributed by atoms with E-state index >= 15 is 0 Å². The quantitative estimate of drug-likeness (QED) is 0.0256. The van der Waals surface area contributed by atoms with E-state index in [1.807, 2.05) is 5.32 Å². The minimum atomic E-state index is -4.64. The van der Waals surface area contributed by atoms with E-state index < -0.39 is 125 Å². The van der Waals surface area contributed by atoms with Crippen LogP contribution in [0.4, 0.5) is 0 Å². The summed E-state index contributed by atoms with van der Waals surface area (Å²) in [6, 6.07) is 4.03. The van der Waals surface area contributed by atoms with E-state index in [0.717, 1.165) is 4.90 Å². The molecule has 9 N–H and O–H groups in total. The van der Waals surface area contributed by atoms with Crippen LogP contribution in [0, 0.1) is 11.8 Å². The summed E-state index contributed by atoms with van der Waals surface area (Å²) < 4.78 is 17.3. The van der Waals surface area contributed by atoms with Gasteiger partial charge in [-0.3, -0.25) is 52.8 Å². The molecule has 0 spiro atoms. The van der Waals surface area contributed by atoms with Gasteiger partial charge in [0.25, 0.3) is 0 Å². The fraction of sp³-hybridized carbons (Fsp3) is 0.571. The molecule has 1 rings (SSSR count). The molecule has 0 heterocycles. The summed E-state index contributed by atoms with van der Waals surface area (Å²) in [4.78, 5) is 108. The van der Waals surface area contributed by atoms with Crippen molar-refractivity contribution in [3.63, 3.8) is 0 Å². The molecule has 0 aliphatic rings. The number of thiocarbonyl (C=S) groups is 1. The van der Waals surface area contributed by atoms with Crippen molar-refractivity contribution in [3.05, 3.63) is 35.4 Å². The van der Waals surface area contributed by atoms with Gasteiger partial charge in [-0.1, -0.05) is 49.8 Å². The van der Waals surface area contributed by atoms with E-state index in [-0.39, 0.29) is 43.8 Å². The number of hydrogen-bond acceptors (Lipinski definition) is 14. The zero-order chi connectivity index (χ0) is 45.0. The fourth-order valence-corrected chi connectivity index (χ4v) is 7.52. The maximum absolute atomic E-state index is 12.9. The molecule has 0 saturated carbocycles. The summed E-state index contributed by atoms with van der Waals surface area (Å²) in [5.74, 6) is -14.1. The number of aliphatic carboxylic acids is 7. The molecular weight excluding hydrogens is 827 g/mol. The molecule has 59 heavy (non-hydrogen) atoms. The van der Waals surface area contributed by atoms with Crippen molar-refractivity contribution >= 4 is 72.4 Å². The van der Waals surface area contributed by atoms with Crippen LogP contribution in [0.25, 0.3) is 0 Å². The lowest BCUT2D eigenvalue weighted by Crippen LogP contribution is -2.49. The number of rotatable bonds is 32. The van der Waals surface area contributed by atoms with Crippen molar-refractivity contribution in [3.8, 4) is 0 Å². The first kappa shape index (κ1) is 52.1. The van der Waals surface area contributed by atoms with E-state index in [2.05, 4.69) is 0 Å². The van der Waals surface area contributed by atoms with Gasteiger partial charge in [0.1, 0.15) is 5.92 Å². The van der Waals surface area contributed by atoms with Gasteiger partial charge in [-0.25, -0.2) is 4.79 Å². The van der Waals surface area contributed by atoms with Crippen molar-refractivity contribution < 1.29 is 88.1 Å². The second kappa shape index (κ2) is 25.6. The third-order valence-corrected chi connectivity index (χ3v) is 10.5. The second-order valence-electron chi connectivity index (χ2n) is 13.8. The first-order valence-electron chi connectivity index (χ1n) is 18.0. The average molecular weight is 879 g/mol. The number of carbonyl (C=O) groups is 8. The molecule has 0 aliphatic heterocycles. The third kappa shape index (κ3) is 21.6. The number of benzene rings is 1. The number of nitrogens with one attached hydrogen (secondary N) is 1. The largest absolute Gasteiger partial charge is 0.481 e. The van der Waals surface area contributed by atoms with Crippen LogP contribution >= 0.6 is 19.8 Å². The molecule has 1 aromatic carbocycles. The van der Waals surface area contributed by atoms with E-state index in [1.165, 1.54) is 16.8 Å². The van der Waals surface area contributed by atoms with E-state index in [4.69, 9.17) is 27.0 Å². The molecule has 0 radical (unpaired) electrons. The fourth-order valence-electron chi connectivity index (χ4n) is 5.80. The average Bonchev–Trinajstić information content (AvgIpc) is 3.10. The molecule has 0 saturated heterocycles. The molecule has 24 heteroatoms. The Hall–Kier alpha value is -4.90. The van der Waals surface area contributed by atoms with Crippen molar-refractivity contribution in [2.45, 2.75) is 51.1 Å². The van der Waals surface area contributed by atoms with Crippen LogP contribution in [-0.2, 0) is 60.3 Å². The van der Waals surface area contributed by atoms with Crippen molar-refractivity contribution in [2.24, 2.45) is 11.8 Å². The topological polar surface area (TPSA) is 346 Å². The van der Waals surface area contributed by atoms with E-state index in [9.17, 15) is 73.3 Å². The molecule has 330 valence electrons. The predicted molar refractivity (Wildman–Crippen MR) is 208 cm³/mol. The first-order valence-corrected chi connectivity index (χ1v) is 20.2. The summed E-state index contributed by atoms with van der Waals surface area (Å²) in [6.07, 6.45) is -0.719. The van der Waals surface area contributed by atoms with Crippen LogP contribution in [0.2, 0.25) is 0 Å². The lowest BCUT2D eigenvalue weighted by molar-refractivity contribution is -0.150. The second-order valence-corrected chi connectivity index (χ2v) is 16.2. The molecule has 4 unspecified atom stereocenters. The van der Waals surface area contributed by atoms with Gasteiger partial charge in [-0.15, -0.1) is 0 Å². The van der Waals surface area contributed by atoms with Gasteiger partial charge in [0.15, 0.2) is 6.04 Å². The van der Waals surface area contributed by atoms with Crippen molar-refractivity contribution in [1.29, 1.82) is 0 Å². The Bertz CT molecular complexity index is 1700. The van der Waals surface area contributed by atoms with Crippen LogP contribution in [0.5, 0.6) is 0 Å². The zero-order valence-corrected chi connectivity index (χ0v) is 34.1. The van der Waals surface area contributed by atoms with Crippen molar-refractivity contribution in [2.75, 3.05) is 65.6 Å². The summed E-state index contributed by atoms with van der Waals surface area (Å²) in [5.41, 5.74) is 1.23. The minimum Gasteiger partial charge on any atom is -0.481 e. The Morgan fingerprint density at radius 2 is 1.27 bits per heavy atom. The predicted octanol–water partition coefficient (Wildman–Crippen LogP) is -0.252. The molecule has 22 nitrogen and oxygen atoms in total. The Labute approximate surface area is 343 Å². The smallest absolute Gasteiger partial charge is 0.329 e. The van der Waals surface area contributed by atoms with E-state index in [0.29, 0.717) is 17.5 Å². The highest BCUT2D eigenvalue weighted by Gasteiger charge is 2.35. The summed E-state index contributed by atoms with van der Waals surface area (Å²) in [5, 5.41) is 67.8. The SMILES string of the molecule is CCCC(CP(=O)(O)OC[C@H](NC(=O)C(CC(=S)Cc1ccc(CC(CN(CCN(CC(=O)O)CC(=O)O)CC(=O)O)N(C)CC(=O)O)cc1)C(=O)O)C(=O)O)C(=O)O. The van der Waals surface area contributed by atoms with E-state index in [1.54, 1.807) is 31.2 Å². The standard InChI is InChI=1S/C35H51N4O18PS/c1-3-4-23(33(49)50)20-58(55,56)57-19-27(35(53)54)36-32(48)26(34(51)52)13-25(59)12-22-7-5-21(6-8-22)11-24(37(2)15-28(40)41)14-38(16-29(42)43)9-10-39(17-30(44)45)18-31(46)47/h5-8,23-24,26-27H,3-4,9-20H2,1-2H3,(H,36,48)(H,40,41)(H,42,43)(H,44,45)(H,46,47)(H,49,50)(H,51,52)(H,53,54)(H,55,56)/t23?,24?,26?,27-/m0/s1. The monoisotopic (exact) mass is 878 g/mol. The van der Waals surface area contributed by atoms with Crippen LogP contribution < -0.4 is 5.32 Å². The first-order chi connectivity index (χ1) is 27.4. The number of carboxylic acid groups (broad SMARTS) is 7. The van der Waals surface area contributed by atoms with Gasteiger partial charge >= 0.3 is 49.4 Å². The number of likely N-dealkylation sites (N-methyl/N-ethyl adjacent to an activating group) is 1. The molecule has 0 aromatic heterocycles. The normalized spacial score (nSPS) is 14.5. The Kier molecular flexibility index (Phi) is 22.6. The highest BCUT2D eigenvalue weighted by molar-refractivity contribution is 7.80. The van der Waals surface area contributed by atoms with Gasteiger partial charge in [-0.2, -0.15) is 0 Å². The molecular formula is C35H51N4O18PS. The lowest BCUT2D eigenvalue weighted by Gasteiger charge is -2.33. The summed E-state index contributed by atoms with van der Waals surface area (Å²) >= 11 is 5.36. The van der Waals surface area contributed by atoms with Gasteiger partial charge in [0, 0.05) is 38.5 Å². The maximum atomic E-state index is 12.9. The zero-order valence-electron chi connectivity index (χ0n) is 32.4. The molecule has 1 amide bonds. The van der Waals surface area contributed by atoms with Crippen LogP contribution in [0.3, 0.4) is 0 Å². The molecule has 0 bridgehead atoms. The highest BCUT2D eigenvalue weighted by atomic mass is 32.1. The third-order valence-electron chi connectivity index (χ3n) is 8.72. The lowest BCUT2D eigenvalue weighted by atomic mass is 9.96. The molecule has 5 atom stereocenters. The Morgan fingerprint density at radius 3 is 1.75 bits per heavy atom. The van der Waals surface area contributed by atoms with Gasteiger partial charge in [-0.05, 0) is 35.9 Å². The van der Waals surface area contributed by atoms with Crippen LogP contribution in [-0.4, -0.2) is 186 Å². The van der Waals surface area contributed by atoms with Crippen molar-refractivity contribution in [1.82, 2.24) is 20.0 Å². The maximum Gasteiger partial charge on any atom is 0.329 e. The molecule has 0 aliphatic carbocycles. The number of carboxylic acids is 7. The number of nitrogens with zero attached hydrogens (tertiary/aromatic N) is 3. The van der Waals surface area contributed by atoms with Gasteiger partial charge < -0.3 is 50.5 Å². The van der Waals surface area contributed by atoms with Gasteiger partial charge in [0.05, 0.1) is 44.9 Å².